The number of amides is 1. The van der Waals surface area contributed by atoms with Crippen LogP contribution in [0.4, 0.5) is 20.2 Å². The molecule has 1 atom stereocenters. The maximum Gasteiger partial charge on any atom is 0.255 e. The van der Waals surface area contributed by atoms with Crippen molar-refractivity contribution in [3.63, 3.8) is 0 Å². The minimum atomic E-state index is -3.68. The van der Waals surface area contributed by atoms with E-state index in [1.807, 2.05) is 0 Å². The predicted molar refractivity (Wildman–Crippen MR) is 104 cm³/mol. The molecule has 1 aliphatic rings. The van der Waals surface area contributed by atoms with E-state index in [1.165, 1.54) is 18.2 Å². The number of para-hydroxylation sites is 1. The van der Waals surface area contributed by atoms with Crippen LogP contribution in [0.5, 0.6) is 0 Å². The smallest absolute Gasteiger partial charge is 0.255 e. The summed E-state index contributed by atoms with van der Waals surface area (Å²) in [6.07, 6.45) is -0.715. The summed E-state index contributed by atoms with van der Waals surface area (Å²) < 4.78 is 54.3. The maximum atomic E-state index is 13.7. The van der Waals surface area contributed by atoms with E-state index in [4.69, 9.17) is 0 Å². The number of benzene rings is 3. The zero-order valence-electron chi connectivity index (χ0n) is 14.8. The average molecular weight is 415 g/mol. The van der Waals surface area contributed by atoms with Crippen molar-refractivity contribution in [2.24, 2.45) is 0 Å². The molecule has 3 aromatic rings. The molecule has 0 spiro atoms. The van der Waals surface area contributed by atoms with Crippen molar-refractivity contribution in [1.82, 2.24) is 4.72 Å². The number of carbonyl (C=O) groups excluding carboxylic acids is 1. The Labute approximate surface area is 165 Å². The average Bonchev–Trinajstić information content (AvgIpc) is 2.70. The lowest BCUT2D eigenvalue weighted by Gasteiger charge is -2.28. The van der Waals surface area contributed by atoms with Gasteiger partial charge in [0.1, 0.15) is 22.7 Å². The SMILES string of the molecule is O=C(Nc1cc(F)ccc1F)c1ccc([C@H]2Nc3ccccc3S(=O)(=O)N2)cc1. The molecule has 1 heterocycles. The van der Waals surface area contributed by atoms with Gasteiger partial charge in [-0.15, -0.1) is 0 Å². The van der Waals surface area contributed by atoms with Crippen molar-refractivity contribution in [1.29, 1.82) is 0 Å². The van der Waals surface area contributed by atoms with Crippen molar-refractivity contribution in [2.45, 2.75) is 11.1 Å². The Balaban J connectivity index is 1.54. The summed E-state index contributed by atoms with van der Waals surface area (Å²) in [4.78, 5) is 12.5. The lowest BCUT2D eigenvalue weighted by atomic mass is 10.1. The molecular weight excluding hydrogens is 400 g/mol. The van der Waals surface area contributed by atoms with Gasteiger partial charge in [-0.2, -0.15) is 4.72 Å². The van der Waals surface area contributed by atoms with Gasteiger partial charge in [-0.05, 0) is 42.0 Å². The van der Waals surface area contributed by atoms with Crippen molar-refractivity contribution in [3.8, 4) is 0 Å². The van der Waals surface area contributed by atoms with Crippen LogP contribution < -0.4 is 15.4 Å². The summed E-state index contributed by atoms with van der Waals surface area (Å²) in [5, 5.41) is 5.40. The Morgan fingerprint density at radius 2 is 1.69 bits per heavy atom. The number of rotatable bonds is 3. The van der Waals surface area contributed by atoms with Gasteiger partial charge in [-0.25, -0.2) is 17.2 Å². The van der Waals surface area contributed by atoms with Gasteiger partial charge in [-0.3, -0.25) is 4.79 Å². The highest BCUT2D eigenvalue weighted by atomic mass is 32.2. The molecule has 1 aliphatic heterocycles. The highest BCUT2D eigenvalue weighted by Gasteiger charge is 2.29. The molecule has 0 aliphatic carbocycles. The van der Waals surface area contributed by atoms with Gasteiger partial charge >= 0.3 is 0 Å². The van der Waals surface area contributed by atoms with E-state index in [9.17, 15) is 22.0 Å². The first-order valence-electron chi connectivity index (χ1n) is 8.58. The van der Waals surface area contributed by atoms with Crippen LogP contribution in [0.3, 0.4) is 0 Å². The summed E-state index contributed by atoms with van der Waals surface area (Å²) in [7, 11) is -3.68. The highest BCUT2D eigenvalue weighted by molar-refractivity contribution is 7.89. The summed E-state index contributed by atoms with van der Waals surface area (Å²) in [6.45, 7) is 0. The molecule has 3 aromatic carbocycles. The minimum Gasteiger partial charge on any atom is -0.364 e. The fourth-order valence-corrected chi connectivity index (χ4v) is 4.30. The lowest BCUT2D eigenvalue weighted by molar-refractivity contribution is 0.102. The second kappa shape index (κ2) is 7.26. The minimum absolute atomic E-state index is 0.157. The number of sulfonamides is 1. The van der Waals surface area contributed by atoms with Gasteiger partial charge in [0.25, 0.3) is 5.91 Å². The van der Waals surface area contributed by atoms with Crippen LogP contribution in [-0.2, 0) is 10.0 Å². The number of nitrogens with one attached hydrogen (secondary N) is 3. The first-order chi connectivity index (χ1) is 13.8. The Morgan fingerprint density at radius 1 is 0.966 bits per heavy atom. The Morgan fingerprint density at radius 3 is 2.45 bits per heavy atom. The lowest BCUT2D eigenvalue weighted by Crippen LogP contribution is -2.38. The normalized spacial score (nSPS) is 17.1. The molecular formula is C20H15F2N3O3S. The summed E-state index contributed by atoms with van der Waals surface area (Å²) in [5.41, 5.74) is 0.991. The molecule has 0 saturated carbocycles. The third-order valence-electron chi connectivity index (χ3n) is 4.43. The standard InChI is InChI=1S/C20H15F2N3O3S/c21-14-9-10-15(22)17(11-14)24-20(26)13-7-5-12(6-8-13)19-23-16-3-1-2-4-18(16)29(27,28)25-19/h1-11,19,23,25H,(H,24,26)/t19-/m0/s1. The zero-order chi connectivity index (χ0) is 20.6. The third kappa shape index (κ3) is 3.82. The molecule has 3 N–H and O–H groups in total. The summed E-state index contributed by atoms with van der Waals surface area (Å²) in [5.74, 6) is -2.05. The third-order valence-corrected chi connectivity index (χ3v) is 5.91. The number of hydrogen-bond donors (Lipinski definition) is 3. The van der Waals surface area contributed by atoms with E-state index >= 15 is 0 Å². The van der Waals surface area contributed by atoms with E-state index in [0.717, 1.165) is 18.2 Å². The molecule has 0 saturated heterocycles. The van der Waals surface area contributed by atoms with Crippen LogP contribution in [0.2, 0.25) is 0 Å². The van der Waals surface area contributed by atoms with Gasteiger partial charge in [0.2, 0.25) is 10.0 Å². The molecule has 148 valence electrons. The fraction of sp³-hybridized carbons (Fsp3) is 0.0500. The highest BCUT2D eigenvalue weighted by Crippen LogP contribution is 2.30. The van der Waals surface area contributed by atoms with Gasteiger partial charge in [0.05, 0.1) is 11.4 Å². The quantitative estimate of drug-likeness (QED) is 0.610. The van der Waals surface area contributed by atoms with E-state index in [1.54, 1.807) is 30.3 Å². The van der Waals surface area contributed by atoms with Gasteiger partial charge in [-0.1, -0.05) is 24.3 Å². The Kier molecular flexibility index (Phi) is 4.77. The maximum absolute atomic E-state index is 13.7. The molecule has 9 heteroatoms. The first-order valence-corrected chi connectivity index (χ1v) is 10.1. The molecule has 0 fully saturated rings. The van der Waals surface area contributed by atoms with E-state index in [0.29, 0.717) is 11.3 Å². The molecule has 0 bridgehead atoms. The number of hydrogen-bond acceptors (Lipinski definition) is 4. The van der Waals surface area contributed by atoms with E-state index < -0.39 is 33.7 Å². The summed E-state index contributed by atoms with van der Waals surface area (Å²) >= 11 is 0. The zero-order valence-corrected chi connectivity index (χ0v) is 15.6. The molecule has 0 radical (unpaired) electrons. The van der Waals surface area contributed by atoms with Crippen LogP contribution in [0.25, 0.3) is 0 Å². The molecule has 29 heavy (non-hydrogen) atoms. The first kappa shape index (κ1) is 19.0. The van der Waals surface area contributed by atoms with Crippen LogP contribution in [-0.4, -0.2) is 14.3 Å². The molecule has 0 aromatic heterocycles. The van der Waals surface area contributed by atoms with Crippen molar-refractivity contribution < 1.29 is 22.0 Å². The van der Waals surface area contributed by atoms with Crippen molar-refractivity contribution >= 4 is 27.3 Å². The number of carbonyl (C=O) groups is 1. The van der Waals surface area contributed by atoms with Gasteiger partial charge < -0.3 is 10.6 Å². The molecule has 4 rings (SSSR count). The van der Waals surface area contributed by atoms with Gasteiger partial charge in [0.15, 0.2) is 0 Å². The largest absolute Gasteiger partial charge is 0.364 e. The van der Waals surface area contributed by atoms with E-state index in [2.05, 4.69) is 15.4 Å². The number of anilines is 2. The van der Waals surface area contributed by atoms with Crippen LogP contribution in [0.1, 0.15) is 22.1 Å². The summed E-state index contributed by atoms with van der Waals surface area (Å²) in [6, 6.07) is 15.4. The number of halogens is 2. The molecule has 1 amide bonds. The second-order valence-electron chi connectivity index (χ2n) is 6.40. The van der Waals surface area contributed by atoms with Crippen LogP contribution >= 0.6 is 0 Å². The fourth-order valence-electron chi connectivity index (χ4n) is 2.99. The topological polar surface area (TPSA) is 87.3 Å². The second-order valence-corrected chi connectivity index (χ2v) is 8.08. The number of fused-ring (bicyclic) bond motifs is 1. The van der Waals surface area contributed by atoms with Crippen molar-refractivity contribution in [2.75, 3.05) is 10.6 Å². The van der Waals surface area contributed by atoms with Crippen molar-refractivity contribution in [3.05, 3.63) is 89.5 Å². The Bertz CT molecular complexity index is 1200. The van der Waals surface area contributed by atoms with Crippen LogP contribution in [0.15, 0.2) is 71.6 Å². The molecule has 6 nitrogen and oxygen atoms in total. The molecule has 0 unspecified atom stereocenters. The van der Waals surface area contributed by atoms with Gasteiger partial charge in [0, 0.05) is 11.6 Å². The van der Waals surface area contributed by atoms with E-state index in [-0.39, 0.29) is 16.1 Å². The Hall–Kier alpha value is -3.30. The van der Waals surface area contributed by atoms with Crippen LogP contribution in [0, 0.1) is 11.6 Å². The predicted octanol–water partition coefficient (Wildman–Crippen LogP) is 3.62. The monoisotopic (exact) mass is 415 g/mol.